The molecule has 1 aromatic heterocycles. The first kappa shape index (κ1) is 12.2. The van der Waals surface area contributed by atoms with Crippen molar-refractivity contribution in [3.05, 3.63) is 23.0 Å². The van der Waals surface area contributed by atoms with Gasteiger partial charge >= 0.3 is 0 Å². The lowest BCUT2D eigenvalue weighted by Gasteiger charge is -2.30. The fraction of sp³-hybridized carbons (Fsp3) is 0.615. The van der Waals surface area contributed by atoms with E-state index in [0.717, 1.165) is 12.2 Å². The molecule has 0 radical (unpaired) electrons. The van der Waals surface area contributed by atoms with E-state index in [9.17, 15) is 4.79 Å². The number of carbonyl (C=O) groups is 1. The Labute approximate surface area is 102 Å². The van der Waals surface area contributed by atoms with Crippen LogP contribution in [0.25, 0.3) is 0 Å². The van der Waals surface area contributed by atoms with Gasteiger partial charge in [-0.25, -0.2) is 0 Å². The second-order valence-electron chi connectivity index (χ2n) is 5.09. The molecule has 1 amide bonds. The molecule has 2 heterocycles. The summed E-state index contributed by atoms with van der Waals surface area (Å²) in [5.74, 6) is 0.194. The number of likely N-dealkylation sites (tertiary alicyclic amines) is 1. The molecule has 1 aliphatic heterocycles. The van der Waals surface area contributed by atoms with Crippen LogP contribution in [0.1, 0.15) is 40.5 Å². The maximum atomic E-state index is 11.3. The summed E-state index contributed by atoms with van der Waals surface area (Å²) in [5.41, 5.74) is 8.27. The number of nitrogens with zero attached hydrogens (tertiary/aromatic N) is 2. The lowest BCUT2D eigenvalue weighted by Crippen LogP contribution is -2.31. The molecule has 1 atom stereocenters. The molecule has 2 rings (SSSR count). The van der Waals surface area contributed by atoms with E-state index in [1.54, 1.807) is 0 Å². The van der Waals surface area contributed by atoms with Gasteiger partial charge in [0.25, 0.3) is 5.91 Å². The Kier molecular flexibility index (Phi) is 3.24. The van der Waals surface area contributed by atoms with E-state index in [-0.39, 0.29) is 5.91 Å². The van der Waals surface area contributed by atoms with Crippen molar-refractivity contribution in [2.24, 2.45) is 12.8 Å². The van der Waals surface area contributed by atoms with Crippen molar-refractivity contribution < 1.29 is 4.79 Å². The molecular weight excluding hydrogens is 214 g/mol. The van der Waals surface area contributed by atoms with E-state index < -0.39 is 0 Å². The van der Waals surface area contributed by atoms with Gasteiger partial charge in [-0.05, 0) is 39.4 Å². The number of amides is 1. The van der Waals surface area contributed by atoms with Crippen LogP contribution in [0.15, 0.2) is 6.07 Å². The summed E-state index contributed by atoms with van der Waals surface area (Å²) >= 11 is 0. The Bertz CT molecular complexity index is 436. The molecule has 1 fully saturated rings. The van der Waals surface area contributed by atoms with Crippen LogP contribution < -0.4 is 5.73 Å². The van der Waals surface area contributed by atoms with Gasteiger partial charge in [-0.2, -0.15) is 0 Å². The van der Waals surface area contributed by atoms with Crippen molar-refractivity contribution >= 4 is 5.91 Å². The summed E-state index contributed by atoms with van der Waals surface area (Å²) in [5, 5.41) is 0. The Morgan fingerprint density at radius 3 is 2.71 bits per heavy atom. The summed E-state index contributed by atoms with van der Waals surface area (Å²) in [6.45, 7) is 4.19. The lowest BCUT2D eigenvalue weighted by molar-refractivity contribution is 0.0999. The van der Waals surface area contributed by atoms with Crippen molar-refractivity contribution in [2.45, 2.75) is 25.7 Å². The molecule has 1 aliphatic rings. The van der Waals surface area contributed by atoms with Gasteiger partial charge in [-0.1, -0.05) is 0 Å². The van der Waals surface area contributed by atoms with E-state index in [1.165, 1.54) is 25.1 Å². The second kappa shape index (κ2) is 4.53. The average molecular weight is 235 g/mol. The Balaban J connectivity index is 2.32. The first-order valence-corrected chi connectivity index (χ1v) is 6.15. The minimum atomic E-state index is -0.325. The fourth-order valence-electron chi connectivity index (χ4n) is 2.77. The molecule has 1 aromatic rings. The number of likely N-dealkylation sites (N-methyl/N-ethyl adjacent to an activating group) is 1. The highest BCUT2D eigenvalue weighted by atomic mass is 16.1. The van der Waals surface area contributed by atoms with Crippen LogP contribution in [-0.2, 0) is 7.05 Å². The Morgan fingerprint density at radius 2 is 2.18 bits per heavy atom. The minimum absolute atomic E-state index is 0.325. The van der Waals surface area contributed by atoms with E-state index in [2.05, 4.69) is 16.5 Å². The molecule has 0 saturated carbocycles. The van der Waals surface area contributed by atoms with Crippen LogP contribution >= 0.6 is 0 Å². The number of hydrogen-bond acceptors (Lipinski definition) is 2. The van der Waals surface area contributed by atoms with Crippen LogP contribution in [0, 0.1) is 6.92 Å². The molecule has 94 valence electrons. The van der Waals surface area contributed by atoms with E-state index in [1.807, 2.05) is 20.0 Å². The predicted octanol–water partition coefficient (Wildman–Crippen LogP) is 1.24. The monoisotopic (exact) mass is 235 g/mol. The molecule has 0 aromatic carbocycles. The molecule has 0 bridgehead atoms. The normalized spacial score (nSPS) is 21.7. The van der Waals surface area contributed by atoms with Crippen molar-refractivity contribution in [1.82, 2.24) is 9.47 Å². The zero-order valence-electron chi connectivity index (χ0n) is 10.9. The molecule has 2 N–H and O–H groups in total. The fourth-order valence-corrected chi connectivity index (χ4v) is 2.77. The van der Waals surface area contributed by atoms with Gasteiger partial charge in [0.15, 0.2) is 0 Å². The van der Waals surface area contributed by atoms with Crippen molar-refractivity contribution in [2.75, 3.05) is 20.1 Å². The molecule has 17 heavy (non-hydrogen) atoms. The lowest BCUT2D eigenvalue weighted by atomic mass is 9.95. The number of primary amides is 1. The van der Waals surface area contributed by atoms with Crippen molar-refractivity contribution in [3.8, 4) is 0 Å². The van der Waals surface area contributed by atoms with Gasteiger partial charge in [0.05, 0.1) is 5.56 Å². The van der Waals surface area contributed by atoms with Crippen LogP contribution in [-0.4, -0.2) is 35.5 Å². The number of rotatable bonds is 2. The first-order valence-electron chi connectivity index (χ1n) is 6.15. The van der Waals surface area contributed by atoms with Gasteiger partial charge in [0.2, 0.25) is 0 Å². The van der Waals surface area contributed by atoms with Crippen LogP contribution in [0.4, 0.5) is 0 Å². The number of carbonyl (C=O) groups excluding carboxylic acids is 1. The molecule has 4 heteroatoms. The topological polar surface area (TPSA) is 51.3 Å². The predicted molar refractivity (Wildman–Crippen MR) is 68.1 cm³/mol. The third kappa shape index (κ3) is 2.22. The Morgan fingerprint density at radius 1 is 1.47 bits per heavy atom. The van der Waals surface area contributed by atoms with E-state index in [0.29, 0.717) is 11.5 Å². The zero-order chi connectivity index (χ0) is 12.6. The molecule has 1 saturated heterocycles. The van der Waals surface area contributed by atoms with Gasteiger partial charge in [-0.15, -0.1) is 0 Å². The van der Waals surface area contributed by atoms with Gasteiger partial charge in [0, 0.05) is 30.9 Å². The van der Waals surface area contributed by atoms with Crippen LogP contribution in [0.2, 0.25) is 0 Å². The zero-order valence-corrected chi connectivity index (χ0v) is 10.9. The SMILES string of the molecule is Cc1c(C(N)=O)cc(C2CCCN(C)C2)n1C. The highest BCUT2D eigenvalue weighted by Crippen LogP contribution is 2.28. The summed E-state index contributed by atoms with van der Waals surface area (Å²) in [6.07, 6.45) is 2.41. The summed E-state index contributed by atoms with van der Waals surface area (Å²) in [4.78, 5) is 13.7. The second-order valence-corrected chi connectivity index (χ2v) is 5.09. The van der Waals surface area contributed by atoms with Gasteiger partial charge < -0.3 is 15.2 Å². The third-order valence-electron chi connectivity index (χ3n) is 3.88. The number of hydrogen-bond donors (Lipinski definition) is 1. The summed E-state index contributed by atoms with van der Waals surface area (Å²) in [7, 11) is 4.17. The minimum Gasteiger partial charge on any atom is -0.366 e. The molecule has 1 unspecified atom stereocenters. The summed E-state index contributed by atoms with van der Waals surface area (Å²) in [6, 6.07) is 1.97. The quantitative estimate of drug-likeness (QED) is 0.838. The highest BCUT2D eigenvalue weighted by Gasteiger charge is 2.23. The van der Waals surface area contributed by atoms with E-state index >= 15 is 0 Å². The Hall–Kier alpha value is -1.29. The van der Waals surface area contributed by atoms with Crippen LogP contribution in [0.3, 0.4) is 0 Å². The largest absolute Gasteiger partial charge is 0.366 e. The summed E-state index contributed by atoms with van der Waals surface area (Å²) < 4.78 is 2.11. The maximum Gasteiger partial charge on any atom is 0.250 e. The van der Waals surface area contributed by atoms with Gasteiger partial charge in [0.1, 0.15) is 0 Å². The molecule has 0 spiro atoms. The average Bonchev–Trinajstić information content (AvgIpc) is 2.56. The maximum absolute atomic E-state index is 11.3. The standard InChI is InChI=1S/C13H21N3O/c1-9-11(13(14)17)7-12(16(9)3)10-5-4-6-15(2)8-10/h7,10H,4-6,8H2,1-3H3,(H2,14,17). The van der Waals surface area contributed by atoms with Crippen LogP contribution in [0.5, 0.6) is 0 Å². The number of nitrogens with two attached hydrogens (primary N) is 1. The number of piperidine rings is 1. The highest BCUT2D eigenvalue weighted by molar-refractivity contribution is 5.94. The van der Waals surface area contributed by atoms with Crippen molar-refractivity contribution in [1.29, 1.82) is 0 Å². The van der Waals surface area contributed by atoms with Crippen molar-refractivity contribution in [3.63, 3.8) is 0 Å². The van der Waals surface area contributed by atoms with Gasteiger partial charge in [-0.3, -0.25) is 4.79 Å². The first-order chi connectivity index (χ1) is 8.00. The molecular formula is C13H21N3O. The van der Waals surface area contributed by atoms with E-state index in [4.69, 9.17) is 5.73 Å². The molecule has 0 aliphatic carbocycles. The smallest absolute Gasteiger partial charge is 0.250 e. The third-order valence-corrected chi connectivity index (χ3v) is 3.88. The molecule has 4 nitrogen and oxygen atoms in total. The number of aromatic nitrogens is 1.